The average molecular weight is 281 g/mol. The summed E-state index contributed by atoms with van der Waals surface area (Å²) in [6.07, 6.45) is 0.988. The summed E-state index contributed by atoms with van der Waals surface area (Å²) < 4.78 is 19.2. The highest BCUT2D eigenvalue weighted by Gasteiger charge is 2.30. The summed E-state index contributed by atoms with van der Waals surface area (Å²) in [6, 6.07) is 6.72. The lowest BCUT2D eigenvalue weighted by Gasteiger charge is -2.21. The standard InChI is InChI=1S/C14H20FN3O2/c1-18(8-10-4-2-3-5-12(10)15)9-11-6-7-13(20-11)14(19)17-16/h2-5,11,13H,6-9,16H2,1H3,(H,17,19). The zero-order valence-corrected chi connectivity index (χ0v) is 11.5. The number of hydrogen-bond acceptors (Lipinski definition) is 4. The SMILES string of the molecule is CN(Cc1ccccc1F)CC1CCC(C(=O)NN)O1. The number of nitrogens with two attached hydrogens (primary N) is 1. The number of halogens is 1. The van der Waals surface area contributed by atoms with Crippen LogP contribution in [0.25, 0.3) is 0 Å². The quantitative estimate of drug-likeness (QED) is 0.476. The van der Waals surface area contributed by atoms with Crippen molar-refractivity contribution in [2.24, 2.45) is 5.84 Å². The lowest BCUT2D eigenvalue weighted by atomic mass is 10.1. The van der Waals surface area contributed by atoms with Gasteiger partial charge in [0.15, 0.2) is 0 Å². The van der Waals surface area contributed by atoms with Gasteiger partial charge in [-0.25, -0.2) is 10.2 Å². The van der Waals surface area contributed by atoms with E-state index in [1.807, 2.05) is 18.0 Å². The van der Waals surface area contributed by atoms with Crippen LogP contribution in [0, 0.1) is 5.82 Å². The number of nitrogens with zero attached hydrogens (tertiary/aromatic N) is 1. The van der Waals surface area contributed by atoms with Crippen LogP contribution in [0.5, 0.6) is 0 Å². The minimum Gasteiger partial charge on any atom is -0.364 e. The number of hydrazine groups is 1. The molecule has 1 aliphatic heterocycles. The average Bonchev–Trinajstić information content (AvgIpc) is 2.89. The van der Waals surface area contributed by atoms with E-state index in [1.54, 1.807) is 12.1 Å². The van der Waals surface area contributed by atoms with Gasteiger partial charge in [0, 0.05) is 18.7 Å². The zero-order valence-electron chi connectivity index (χ0n) is 11.5. The number of likely N-dealkylation sites (N-methyl/N-ethyl adjacent to an activating group) is 1. The highest BCUT2D eigenvalue weighted by molar-refractivity contribution is 5.80. The van der Waals surface area contributed by atoms with Gasteiger partial charge in [0.1, 0.15) is 11.9 Å². The van der Waals surface area contributed by atoms with Crippen molar-refractivity contribution in [3.63, 3.8) is 0 Å². The fourth-order valence-corrected chi connectivity index (χ4v) is 2.46. The van der Waals surface area contributed by atoms with E-state index >= 15 is 0 Å². The predicted molar refractivity (Wildman–Crippen MR) is 73.0 cm³/mol. The van der Waals surface area contributed by atoms with Crippen LogP contribution in [0.15, 0.2) is 24.3 Å². The lowest BCUT2D eigenvalue weighted by molar-refractivity contribution is -0.132. The largest absolute Gasteiger partial charge is 0.364 e. The smallest absolute Gasteiger partial charge is 0.263 e. The van der Waals surface area contributed by atoms with E-state index in [1.165, 1.54) is 6.07 Å². The van der Waals surface area contributed by atoms with E-state index in [0.29, 0.717) is 25.1 Å². The van der Waals surface area contributed by atoms with Gasteiger partial charge >= 0.3 is 0 Å². The summed E-state index contributed by atoms with van der Waals surface area (Å²) in [5.74, 6) is 4.60. The van der Waals surface area contributed by atoms with Gasteiger partial charge in [-0.05, 0) is 26.0 Å². The number of ether oxygens (including phenoxy) is 1. The van der Waals surface area contributed by atoms with Crippen LogP contribution in [0.1, 0.15) is 18.4 Å². The highest BCUT2D eigenvalue weighted by Crippen LogP contribution is 2.21. The first-order valence-electron chi connectivity index (χ1n) is 6.68. The van der Waals surface area contributed by atoms with Gasteiger partial charge in [0.2, 0.25) is 0 Å². The molecular formula is C14H20FN3O2. The molecule has 3 N–H and O–H groups in total. The topological polar surface area (TPSA) is 67.6 Å². The summed E-state index contributed by atoms with van der Waals surface area (Å²) in [5, 5.41) is 0. The molecule has 0 spiro atoms. The van der Waals surface area contributed by atoms with Crippen LogP contribution in [0.2, 0.25) is 0 Å². The van der Waals surface area contributed by atoms with Gasteiger partial charge < -0.3 is 4.74 Å². The number of nitrogens with one attached hydrogen (secondary N) is 1. The number of carbonyl (C=O) groups is 1. The molecule has 1 fully saturated rings. The maximum atomic E-state index is 13.6. The Hall–Kier alpha value is -1.50. The van der Waals surface area contributed by atoms with E-state index in [9.17, 15) is 9.18 Å². The molecule has 2 unspecified atom stereocenters. The van der Waals surface area contributed by atoms with Crippen molar-refractivity contribution < 1.29 is 13.9 Å². The molecule has 6 heteroatoms. The maximum Gasteiger partial charge on any atom is 0.263 e. The third-order valence-electron chi connectivity index (χ3n) is 3.46. The molecule has 0 aliphatic carbocycles. The summed E-state index contributed by atoms with van der Waals surface area (Å²) in [6.45, 7) is 1.17. The molecule has 1 heterocycles. The first-order chi connectivity index (χ1) is 9.60. The normalized spacial score (nSPS) is 22.2. The Bertz CT molecular complexity index is 469. The van der Waals surface area contributed by atoms with Crippen LogP contribution in [0.3, 0.4) is 0 Å². The van der Waals surface area contributed by atoms with Crippen molar-refractivity contribution in [2.75, 3.05) is 13.6 Å². The highest BCUT2D eigenvalue weighted by atomic mass is 19.1. The Balaban J connectivity index is 1.82. The van der Waals surface area contributed by atoms with Crippen molar-refractivity contribution in [3.8, 4) is 0 Å². The molecule has 2 rings (SSSR count). The fraction of sp³-hybridized carbons (Fsp3) is 0.500. The van der Waals surface area contributed by atoms with E-state index in [0.717, 1.165) is 6.42 Å². The molecule has 1 saturated heterocycles. The summed E-state index contributed by atoms with van der Waals surface area (Å²) in [4.78, 5) is 13.3. The monoisotopic (exact) mass is 281 g/mol. The Morgan fingerprint density at radius 2 is 2.25 bits per heavy atom. The van der Waals surface area contributed by atoms with E-state index < -0.39 is 6.10 Å². The number of hydrogen-bond donors (Lipinski definition) is 2. The van der Waals surface area contributed by atoms with Crippen molar-refractivity contribution in [1.82, 2.24) is 10.3 Å². The minimum absolute atomic E-state index is 0.0194. The van der Waals surface area contributed by atoms with Crippen LogP contribution in [-0.2, 0) is 16.1 Å². The molecule has 0 aromatic heterocycles. The number of carbonyl (C=O) groups excluding carboxylic acids is 1. The van der Waals surface area contributed by atoms with E-state index in [-0.39, 0.29) is 17.8 Å². The van der Waals surface area contributed by atoms with Gasteiger partial charge in [-0.15, -0.1) is 0 Å². The first-order valence-corrected chi connectivity index (χ1v) is 6.68. The van der Waals surface area contributed by atoms with Crippen LogP contribution >= 0.6 is 0 Å². The molecule has 1 amide bonds. The van der Waals surface area contributed by atoms with Gasteiger partial charge in [0.05, 0.1) is 6.10 Å². The molecule has 1 aromatic carbocycles. The Morgan fingerprint density at radius 3 is 2.95 bits per heavy atom. The summed E-state index contributed by atoms with van der Waals surface area (Å²) in [7, 11) is 1.91. The van der Waals surface area contributed by atoms with Crippen LogP contribution < -0.4 is 11.3 Å². The van der Waals surface area contributed by atoms with Gasteiger partial charge in [-0.2, -0.15) is 0 Å². The second-order valence-corrected chi connectivity index (χ2v) is 5.12. The molecule has 1 aliphatic rings. The van der Waals surface area contributed by atoms with Gasteiger partial charge in [-0.1, -0.05) is 18.2 Å². The Morgan fingerprint density at radius 1 is 1.50 bits per heavy atom. The predicted octanol–water partition coefficient (Wildman–Crippen LogP) is 0.795. The van der Waals surface area contributed by atoms with Crippen molar-refractivity contribution in [3.05, 3.63) is 35.6 Å². The Kier molecular flexibility index (Phi) is 5.05. The molecule has 0 saturated carbocycles. The minimum atomic E-state index is -0.466. The molecule has 20 heavy (non-hydrogen) atoms. The van der Waals surface area contributed by atoms with E-state index in [2.05, 4.69) is 5.43 Å². The fourth-order valence-electron chi connectivity index (χ4n) is 2.46. The number of amides is 1. The molecule has 0 bridgehead atoms. The third kappa shape index (κ3) is 3.75. The van der Waals surface area contributed by atoms with Crippen molar-refractivity contribution in [2.45, 2.75) is 31.6 Å². The summed E-state index contributed by atoms with van der Waals surface area (Å²) >= 11 is 0. The number of benzene rings is 1. The van der Waals surface area contributed by atoms with Crippen LogP contribution in [-0.4, -0.2) is 36.6 Å². The molecule has 110 valence electrons. The molecule has 1 aromatic rings. The number of rotatable bonds is 5. The summed E-state index contributed by atoms with van der Waals surface area (Å²) in [5.41, 5.74) is 2.76. The Labute approximate surface area is 117 Å². The molecule has 5 nitrogen and oxygen atoms in total. The zero-order chi connectivity index (χ0) is 14.5. The van der Waals surface area contributed by atoms with Gasteiger partial charge in [-0.3, -0.25) is 15.1 Å². The first kappa shape index (κ1) is 14.9. The maximum absolute atomic E-state index is 13.6. The molecule has 2 atom stereocenters. The second-order valence-electron chi connectivity index (χ2n) is 5.12. The second kappa shape index (κ2) is 6.78. The van der Waals surface area contributed by atoms with Crippen molar-refractivity contribution >= 4 is 5.91 Å². The molecule has 0 radical (unpaired) electrons. The lowest BCUT2D eigenvalue weighted by Crippen LogP contribution is -2.39. The van der Waals surface area contributed by atoms with Crippen LogP contribution in [0.4, 0.5) is 4.39 Å². The van der Waals surface area contributed by atoms with Crippen molar-refractivity contribution in [1.29, 1.82) is 0 Å². The van der Waals surface area contributed by atoms with Gasteiger partial charge in [0.25, 0.3) is 5.91 Å². The third-order valence-corrected chi connectivity index (χ3v) is 3.46. The molecular weight excluding hydrogens is 261 g/mol. The van der Waals surface area contributed by atoms with E-state index in [4.69, 9.17) is 10.6 Å².